The van der Waals surface area contributed by atoms with E-state index in [1.807, 2.05) is 44.3 Å². The number of nitro groups is 1. The molecular weight excluding hydrogens is 913 g/mol. The summed E-state index contributed by atoms with van der Waals surface area (Å²) < 4.78 is 54.8. The van der Waals surface area contributed by atoms with Crippen LogP contribution in [-0.2, 0) is 19.5 Å². The molecule has 0 radical (unpaired) electrons. The summed E-state index contributed by atoms with van der Waals surface area (Å²) in [7, 11) is -4.69. The summed E-state index contributed by atoms with van der Waals surface area (Å²) >= 11 is 0. The van der Waals surface area contributed by atoms with Crippen molar-refractivity contribution in [1.82, 2.24) is 19.6 Å². The van der Waals surface area contributed by atoms with Gasteiger partial charge in [-0.2, -0.15) is 4.98 Å². The zero-order chi connectivity index (χ0) is 47.9. The number of ether oxygens (including phenoxy) is 4. The molecule has 368 valence electrons. The van der Waals surface area contributed by atoms with Crippen molar-refractivity contribution in [2.24, 2.45) is 5.41 Å². The number of amides is 1. The van der Waals surface area contributed by atoms with Crippen LogP contribution in [0.1, 0.15) is 105 Å². The molecule has 5 aromatic rings. The molecule has 0 unspecified atom stereocenters. The van der Waals surface area contributed by atoms with Gasteiger partial charge in [-0.15, -0.1) is 0 Å². The van der Waals surface area contributed by atoms with E-state index in [-0.39, 0.29) is 42.4 Å². The van der Waals surface area contributed by atoms with Gasteiger partial charge in [0, 0.05) is 61.2 Å². The number of H-pyrrole nitrogens is 1. The molecule has 12 rings (SSSR count). The second-order valence-electron chi connectivity index (χ2n) is 20.8. The molecule has 1 spiro atoms. The Morgan fingerprint density at radius 3 is 2.59 bits per heavy atom. The first-order chi connectivity index (χ1) is 33.9. The number of aromatic nitrogens is 2. The lowest BCUT2D eigenvalue weighted by Crippen LogP contribution is -2.55. The predicted molar refractivity (Wildman–Crippen MR) is 264 cm³/mol. The number of anilines is 4. The lowest BCUT2D eigenvalue weighted by atomic mass is 9.59. The van der Waals surface area contributed by atoms with Crippen LogP contribution in [0.2, 0.25) is 0 Å². The smallest absolute Gasteiger partial charge is 0.297 e. The molecule has 70 heavy (non-hydrogen) atoms. The number of rotatable bonds is 12. The summed E-state index contributed by atoms with van der Waals surface area (Å²) in [5.74, 6) is 0.203. The van der Waals surface area contributed by atoms with Gasteiger partial charge in [0.05, 0.1) is 52.5 Å². The Bertz CT molecular complexity index is 2960. The van der Waals surface area contributed by atoms with E-state index < -0.39 is 43.6 Å². The average Bonchev–Trinajstić information content (AvgIpc) is 3.91. The number of hydrogen-bond acceptors (Lipinski definition) is 14. The van der Waals surface area contributed by atoms with Crippen molar-refractivity contribution in [2.75, 3.05) is 61.2 Å². The molecule has 5 aliphatic heterocycles. The number of pyridine rings is 1. The fraction of sp³-hybridized carbons (Fsp3) is 0.500. The molecule has 2 aliphatic carbocycles. The summed E-state index contributed by atoms with van der Waals surface area (Å²) in [6.45, 7) is 7.73. The monoisotopic (exact) mass is 972 g/mol. The van der Waals surface area contributed by atoms with E-state index >= 15 is 0 Å². The van der Waals surface area contributed by atoms with Crippen LogP contribution < -0.4 is 29.3 Å². The average molecular weight is 973 g/mol. The van der Waals surface area contributed by atoms with E-state index in [1.165, 1.54) is 51.1 Å². The van der Waals surface area contributed by atoms with E-state index in [4.69, 9.17) is 23.9 Å². The summed E-state index contributed by atoms with van der Waals surface area (Å²) in [4.78, 5) is 41.3. The van der Waals surface area contributed by atoms with Crippen LogP contribution >= 0.6 is 0 Å². The zero-order valence-corrected chi connectivity index (χ0v) is 40.4. The Morgan fingerprint density at radius 2 is 1.80 bits per heavy atom. The lowest BCUT2D eigenvalue weighted by Gasteiger charge is -2.56. The second-order valence-corrected chi connectivity index (χ2v) is 22.5. The number of nitro benzene ring substituents is 1. The van der Waals surface area contributed by atoms with Gasteiger partial charge in [-0.1, -0.05) is 24.3 Å². The first kappa shape index (κ1) is 45.2. The van der Waals surface area contributed by atoms with Gasteiger partial charge in [0.1, 0.15) is 24.0 Å². The molecule has 1 amide bonds. The van der Waals surface area contributed by atoms with Crippen molar-refractivity contribution in [3.05, 3.63) is 99.7 Å². The number of carbonyl (C=O) groups is 1. The van der Waals surface area contributed by atoms with Crippen molar-refractivity contribution >= 4 is 55.4 Å². The summed E-state index contributed by atoms with van der Waals surface area (Å²) in [6, 6.07) is 21.3. The number of aromatic amines is 1. The van der Waals surface area contributed by atoms with E-state index in [1.54, 1.807) is 17.2 Å². The quantitative estimate of drug-likeness (QED) is 0.0798. The standard InChI is InChI=1S/C52H60N8O9S/c1-31(2)67-28-34-29-68-46-25-37(24-44(60(62)63)48(46)54-34)70(64,65)56-50(61)40-12-11-35(23-43(40)59-42-14-21-66-30-47(42)69-51-45(59)22-33-13-17-53-49(33)55-51)57-19-15-52(16-20-57)26-36(27-52)58-18-5-8-41(58)39-7-4-3-6-38(39)32-9-10-32/h3-4,6-7,11-13,17,22-25,31-32,34,36,41-42,47,54H,5,8-10,14-16,18-21,26-30H2,1-2H3,(H,53,55)(H,56,61)/t34-,41-,42+,47-/m0/s1. The largest absolute Gasteiger partial charge is 0.489 e. The minimum atomic E-state index is -4.69. The zero-order valence-electron chi connectivity index (χ0n) is 39.6. The number of hydrogen-bond donors (Lipinski definition) is 3. The van der Waals surface area contributed by atoms with Crippen LogP contribution in [0.5, 0.6) is 11.6 Å². The second kappa shape index (κ2) is 17.7. The summed E-state index contributed by atoms with van der Waals surface area (Å²) in [6.07, 6.45) is 11.5. The number of sulfonamides is 1. The van der Waals surface area contributed by atoms with Crippen LogP contribution in [0.4, 0.5) is 28.4 Å². The van der Waals surface area contributed by atoms with Crippen molar-refractivity contribution in [1.29, 1.82) is 0 Å². The molecule has 2 saturated carbocycles. The molecular formula is C52H60N8O9S. The van der Waals surface area contributed by atoms with Gasteiger partial charge >= 0.3 is 0 Å². The molecule has 3 aromatic carbocycles. The molecule has 4 atom stereocenters. The first-order valence-electron chi connectivity index (χ1n) is 25.1. The van der Waals surface area contributed by atoms with E-state index in [0.717, 1.165) is 49.0 Å². The Hall–Kier alpha value is -5.95. The van der Waals surface area contributed by atoms with Crippen LogP contribution in [0.3, 0.4) is 0 Å². The van der Waals surface area contributed by atoms with E-state index in [2.05, 4.69) is 54.0 Å². The van der Waals surface area contributed by atoms with Crippen molar-refractivity contribution in [2.45, 2.75) is 119 Å². The van der Waals surface area contributed by atoms with Gasteiger partial charge in [0.25, 0.3) is 21.6 Å². The lowest BCUT2D eigenvalue weighted by molar-refractivity contribution is -0.384. The molecule has 3 N–H and O–H groups in total. The molecule has 18 heteroatoms. The number of piperidine rings is 1. The topological polar surface area (TPSA) is 194 Å². The fourth-order valence-corrected chi connectivity index (χ4v) is 13.2. The number of likely N-dealkylation sites (tertiary alicyclic amines) is 1. The fourth-order valence-electron chi connectivity index (χ4n) is 12.2. The Balaban J connectivity index is 0.835. The van der Waals surface area contributed by atoms with Crippen LogP contribution in [0.25, 0.3) is 11.0 Å². The number of fused-ring (bicyclic) bond motifs is 4. The third-order valence-corrected chi connectivity index (χ3v) is 17.3. The van der Waals surface area contributed by atoms with E-state index in [9.17, 15) is 23.3 Å². The number of benzene rings is 3. The minimum Gasteiger partial charge on any atom is -0.489 e. The third-order valence-electron chi connectivity index (χ3n) is 16.0. The Kier molecular flexibility index (Phi) is 11.4. The molecule has 2 aromatic heterocycles. The molecule has 17 nitrogen and oxygen atoms in total. The summed E-state index contributed by atoms with van der Waals surface area (Å²) in [5, 5.41) is 16.3. The van der Waals surface area contributed by atoms with Crippen molar-refractivity contribution in [3.8, 4) is 11.6 Å². The molecule has 3 saturated heterocycles. The predicted octanol–water partition coefficient (Wildman–Crippen LogP) is 8.34. The normalized spacial score (nSPS) is 24.3. The molecule has 7 heterocycles. The van der Waals surface area contributed by atoms with E-state index in [0.29, 0.717) is 60.0 Å². The Morgan fingerprint density at radius 1 is 0.986 bits per heavy atom. The highest BCUT2D eigenvalue weighted by Crippen LogP contribution is 2.55. The van der Waals surface area contributed by atoms with Crippen molar-refractivity contribution in [3.63, 3.8) is 0 Å². The van der Waals surface area contributed by atoms with Crippen LogP contribution in [-0.4, -0.2) is 111 Å². The molecule has 7 aliphatic rings. The number of carbonyl (C=O) groups excluding carboxylic acids is 1. The van der Waals surface area contributed by atoms with Gasteiger partial charge in [0.15, 0.2) is 11.4 Å². The third kappa shape index (κ3) is 8.29. The maximum Gasteiger partial charge on any atom is 0.297 e. The maximum atomic E-state index is 14.7. The first-order valence-corrected chi connectivity index (χ1v) is 26.5. The molecule has 0 bridgehead atoms. The van der Waals surface area contributed by atoms with Gasteiger partial charge in [-0.25, -0.2) is 13.1 Å². The SMILES string of the molecule is CC(C)OC[C@H]1COc2cc(S(=O)(=O)NC(=O)c3ccc(N4CCC5(CC4)CC(N4CCC[C@H]4c4ccccc4C4CC4)C5)cc3N3c4cc5cc[nH]c5nc4O[C@H]4COCC[C@H]43)cc([N+](=O)[O-])c2N1. The highest BCUT2D eigenvalue weighted by atomic mass is 32.2. The van der Waals surface area contributed by atoms with Gasteiger partial charge < -0.3 is 39.0 Å². The maximum absolute atomic E-state index is 14.7. The van der Waals surface area contributed by atoms with Gasteiger partial charge in [-0.3, -0.25) is 19.8 Å². The Labute approximate surface area is 407 Å². The van der Waals surface area contributed by atoms with Gasteiger partial charge in [0.2, 0.25) is 5.88 Å². The number of nitrogens with zero attached hydrogens (tertiary/aromatic N) is 5. The minimum absolute atomic E-state index is 0.0115. The van der Waals surface area contributed by atoms with Crippen LogP contribution in [0.15, 0.2) is 77.8 Å². The van der Waals surface area contributed by atoms with Crippen molar-refractivity contribution < 1.29 is 37.1 Å². The highest BCUT2D eigenvalue weighted by Gasteiger charge is 2.50. The van der Waals surface area contributed by atoms with Gasteiger partial charge in [-0.05, 0) is 131 Å². The summed E-state index contributed by atoms with van der Waals surface area (Å²) in [5.41, 5.74) is 5.80. The number of nitrogens with one attached hydrogen (secondary N) is 3. The molecule has 5 fully saturated rings. The highest BCUT2D eigenvalue weighted by molar-refractivity contribution is 7.90. The van der Waals surface area contributed by atoms with Crippen LogP contribution in [0, 0.1) is 15.5 Å².